The summed E-state index contributed by atoms with van der Waals surface area (Å²) < 4.78 is 13.5. The van der Waals surface area contributed by atoms with Crippen LogP contribution in [-0.4, -0.2) is 49.7 Å². The van der Waals surface area contributed by atoms with Crippen molar-refractivity contribution in [3.8, 4) is 0 Å². The zero-order chi connectivity index (χ0) is 17.1. The minimum absolute atomic E-state index is 0.796. The van der Waals surface area contributed by atoms with Crippen molar-refractivity contribution < 1.29 is 8.85 Å². The normalized spacial score (nSPS) is 12.6. The maximum Gasteiger partial charge on any atom is 0.321 e. The zero-order valence-corrected chi connectivity index (χ0v) is 19.5. The lowest BCUT2D eigenvalue weighted by Crippen LogP contribution is -2.59. The molecule has 0 aliphatic carbocycles. The monoisotopic (exact) mass is 351 g/mol. The van der Waals surface area contributed by atoms with Crippen LogP contribution in [0.5, 0.6) is 0 Å². The van der Waals surface area contributed by atoms with E-state index in [1.165, 1.54) is 13.0 Å². The number of hydrogen-bond acceptors (Lipinski definition) is 3. The lowest BCUT2D eigenvalue weighted by molar-refractivity contribution is 0.214. The van der Waals surface area contributed by atoms with Crippen LogP contribution in [-0.2, 0) is 8.85 Å². The third-order valence-electron chi connectivity index (χ3n) is 3.11. The molecule has 0 unspecified atom stereocenters. The molecule has 0 radical (unpaired) electrons. The molecular weight excluding hydrogens is 310 g/mol. The van der Waals surface area contributed by atoms with Crippen molar-refractivity contribution in [3.63, 3.8) is 0 Å². The molecule has 21 heavy (non-hydrogen) atoms. The van der Waals surface area contributed by atoms with Crippen LogP contribution in [0.25, 0.3) is 0 Å². The molecule has 0 amide bonds. The van der Waals surface area contributed by atoms with E-state index in [-0.39, 0.29) is 0 Å². The fraction of sp³-hybridized carbons (Fsp3) is 1.00. The van der Waals surface area contributed by atoms with Gasteiger partial charge in [0.25, 0.3) is 0 Å². The average Bonchev–Trinajstić information content (AvgIpc) is 2.33. The van der Waals surface area contributed by atoms with Gasteiger partial charge in [0, 0.05) is 13.2 Å². The first-order valence-electron chi connectivity index (χ1n) is 8.55. The van der Waals surface area contributed by atoms with E-state index in [4.69, 9.17) is 8.85 Å². The van der Waals surface area contributed by atoms with Gasteiger partial charge in [0.1, 0.15) is 16.5 Å². The number of rotatable bonds is 9. The van der Waals surface area contributed by atoms with Crippen molar-refractivity contribution in [1.82, 2.24) is 4.23 Å². The Hall–Kier alpha value is 0.531. The van der Waals surface area contributed by atoms with Gasteiger partial charge in [0.15, 0.2) is 0 Å². The van der Waals surface area contributed by atoms with E-state index in [9.17, 15) is 0 Å². The quantitative estimate of drug-likeness (QED) is 0.563. The molecule has 0 aliphatic rings. The van der Waals surface area contributed by atoms with Gasteiger partial charge >= 0.3 is 9.28 Å². The molecule has 0 N–H and O–H groups in total. The molecule has 130 valence electrons. The van der Waals surface area contributed by atoms with Gasteiger partial charge in [-0.05, 0) is 32.9 Å². The Morgan fingerprint density at radius 1 is 0.762 bits per heavy atom. The van der Waals surface area contributed by atoms with Crippen LogP contribution >= 0.6 is 0 Å². The van der Waals surface area contributed by atoms with Gasteiger partial charge in [-0.25, -0.2) is 0 Å². The Morgan fingerprint density at radius 3 is 1.29 bits per heavy atom. The fourth-order valence-electron chi connectivity index (χ4n) is 2.56. The molecule has 0 aromatic heterocycles. The highest BCUT2D eigenvalue weighted by molar-refractivity contribution is 6.89. The number of hydrogen-bond donors (Lipinski definition) is 0. The smallest absolute Gasteiger partial charge is 0.321 e. The molecule has 0 aromatic carbocycles. The molecule has 6 heteroatoms. The average molecular weight is 352 g/mol. The lowest BCUT2D eigenvalue weighted by atomic mass is 10.5. The minimum atomic E-state index is -1.21. The summed E-state index contributed by atoms with van der Waals surface area (Å²) in [6.07, 6.45) is 1.30. The molecule has 0 atom stereocenters. The summed E-state index contributed by atoms with van der Waals surface area (Å²) >= 11 is 0. The van der Waals surface area contributed by atoms with Gasteiger partial charge in [-0.1, -0.05) is 53.1 Å². The summed E-state index contributed by atoms with van der Waals surface area (Å²) in [6, 6.07) is 1.07. The van der Waals surface area contributed by atoms with Gasteiger partial charge in [0.05, 0.1) is 0 Å². The summed E-state index contributed by atoms with van der Waals surface area (Å²) in [5.74, 6) is 0. The van der Waals surface area contributed by atoms with Crippen molar-refractivity contribution in [2.75, 3.05) is 19.8 Å². The largest absolute Gasteiger partial charge is 0.397 e. The second-order valence-electron chi connectivity index (χ2n) is 7.24. The maximum atomic E-state index is 5.35. The highest BCUT2D eigenvalue weighted by atomic mass is 28.4. The Kier molecular flexibility index (Phi) is 13.6. The van der Waals surface area contributed by atoms with Crippen LogP contribution in [0.2, 0.25) is 45.3 Å². The van der Waals surface area contributed by atoms with E-state index < -0.39 is 25.8 Å². The van der Waals surface area contributed by atoms with Gasteiger partial charge in [0.2, 0.25) is 0 Å². The predicted molar refractivity (Wildman–Crippen MR) is 105 cm³/mol. The first kappa shape index (κ1) is 23.8. The molecule has 0 aliphatic heterocycles. The van der Waals surface area contributed by atoms with E-state index in [0.717, 1.165) is 19.3 Å². The summed E-state index contributed by atoms with van der Waals surface area (Å²) in [5, 5.41) is 0. The van der Waals surface area contributed by atoms with Crippen molar-refractivity contribution in [2.24, 2.45) is 0 Å². The molecule has 0 aromatic rings. The molecule has 0 saturated carbocycles. The van der Waals surface area contributed by atoms with Gasteiger partial charge in [-0.15, -0.1) is 0 Å². The zero-order valence-electron chi connectivity index (χ0n) is 16.4. The summed E-state index contributed by atoms with van der Waals surface area (Å²) in [7, 11) is -3.31. The van der Waals surface area contributed by atoms with Gasteiger partial charge < -0.3 is 13.1 Å². The van der Waals surface area contributed by atoms with Crippen LogP contribution in [0.3, 0.4) is 0 Å². The van der Waals surface area contributed by atoms with E-state index in [0.29, 0.717) is 0 Å². The maximum absolute atomic E-state index is 5.35. The van der Waals surface area contributed by atoms with Crippen LogP contribution in [0.4, 0.5) is 0 Å². The van der Waals surface area contributed by atoms with Gasteiger partial charge in [-0.2, -0.15) is 0 Å². The summed E-state index contributed by atoms with van der Waals surface area (Å²) in [5.41, 5.74) is 0. The summed E-state index contributed by atoms with van der Waals surface area (Å²) in [6.45, 7) is 26.1. The van der Waals surface area contributed by atoms with E-state index >= 15 is 0 Å². The van der Waals surface area contributed by atoms with Crippen molar-refractivity contribution in [1.29, 1.82) is 0 Å². The SMILES string of the molecule is CCCN([Si](C)(C)C)[Si](C)(C)C.CCO[SiH](CC)OCC. The Morgan fingerprint density at radius 2 is 1.14 bits per heavy atom. The van der Waals surface area contributed by atoms with Crippen LogP contribution < -0.4 is 0 Å². The molecule has 0 spiro atoms. The lowest BCUT2D eigenvalue weighted by Gasteiger charge is -2.43. The van der Waals surface area contributed by atoms with E-state index in [1.54, 1.807) is 0 Å². The first-order chi connectivity index (χ1) is 9.54. The molecule has 0 saturated heterocycles. The van der Waals surface area contributed by atoms with Gasteiger partial charge in [-0.3, -0.25) is 0 Å². The standard InChI is InChI=1S/C9H25NSi2.C6H16O2Si/c1-8-9-10(11(2,3)4)12(5,6)7;1-4-7-9(6-3)8-5-2/h8-9H2,1-7H3;9H,4-6H2,1-3H3. The van der Waals surface area contributed by atoms with E-state index in [2.05, 4.69) is 57.4 Å². The minimum Gasteiger partial charge on any atom is -0.397 e. The first-order valence-corrected chi connectivity index (χ1v) is 17.2. The van der Waals surface area contributed by atoms with Crippen LogP contribution in [0.15, 0.2) is 0 Å². The Labute approximate surface area is 138 Å². The topological polar surface area (TPSA) is 21.7 Å². The number of nitrogens with zero attached hydrogens (tertiary/aromatic N) is 1. The predicted octanol–water partition coefficient (Wildman–Crippen LogP) is 4.67. The molecular formula is C15H41NO2Si3. The fourth-order valence-corrected chi connectivity index (χ4v) is 13.7. The third kappa shape index (κ3) is 12.7. The molecule has 0 rings (SSSR count). The van der Waals surface area contributed by atoms with E-state index in [1.807, 2.05) is 13.8 Å². The van der Waals surface area contributed by atoms with Crippen molar-refractivity contribution in [2.45, 2.75) is 79.4 Å². The second-order valence-corrected chi connectivity index (χ2v) is 19.8. The van der Waals surface area contributed by atoms with Crippen molar-refractivity contribution in [3.05, 3.63) is 0 Å². The highest BCUT2D eigenvalue weighted by Crippen LogP contribution is 2.19. The van der Waals surface area contributed by atoms with Crippen LogP contribution in [0, 0.1) is 0 Å². The molecule has 3 nitrogen and oxygen atoms in total. The molecule has 0 bridgehead atoms. The van der Waals surface area contributed by atoms with Crippen LogP contribution in [0.1, 0.15) is 34.1 Å². The van der Waals surface area contributed by atoms with Crippen molar-refractivity contribution >= 4 is 25.8 Å². The Balaban J connectivity index is 0. The molecule has 0 heterocycles. The highest BCUT2D eigenvalue weighted by Gasteiger charge is 2.33. The second kappa shape index (κ2) is 12.0. The Bertz CT molecular complexity index is 220. The third-order valence-corrected chi connectivity index (χ3v) is 12.9. The molecule has 0 fully saturated rings. The summed E-state index contributed by atoms with van der Waals surface area (Å²) in [4.78, 5) is 0.